The molecule has 0 N–H and O–H groups in total. The van der Waals surface area contributed by atoms with Crippen LogP contribution in [-0.2, 0) is 9.53 Å². The number of hydrogen-bond donors (Lipinski definition) is 0. The van der Waals surface area contributed by atoms with Crippen LogP contribution >= 0.6 is 0 Å². The Morgan fingerprint density at radius 1 is 1.03 bits per heavy atom. The molecule has 0 bridgehead atoms. The minimum absolute atomic E-state index is 0.0507. The molecular formula is C24H29N3O4. The molecule has 1 atom stereocenters. The van der Waals surface area contributed by atoms with Crippen molar-refractivity contribution in [3.05, 3.63) is 54.2 Å². The zero-order valence-corrected chi connectivity index (χ0v) is 17.7. The third-order valence-electron chi connectivity index (χ3n) is 7.35. The largest absolute Gasteiger partial charge is 0.449 e. The molecule has 7 heteroatoms. The predicted octanol–water partition coefficient (Wildman–Crippen LogP) is 2.95. The summed E-state index contributed by atoms with van der Waals surface area (Å²) in [7, 11) is 0. The van der Waals surface area contributed by atoms with Gasteiger partial charge in [0.1, 0.15) is 6.26 Å². The number of aromatic nitrogens is 1. The number of carbonyl (C=O) groups excluding carboxylic acids is 2. The molecular weight excluding hydrogens is 394 g/mol. The number of nitrogens with zero attached hydrogens (tertiary/aromatic N) is 3. The van der Waals surface area contributed by atoms with E-state index in [2.05, 4.69) is 4.98 Å². The van der Waals surface area contributed by atoms with Gasteiger partial charge in [-0.25, -0.2) is 4.98 Å². The Kier molecular flexibility index (Phi) is 5.52. The monoisotopic (exact) mass is 423 g/mol. The zero-order chi connectivity index (χ0) is 21.3. The lowest BCUT2D eigenvalue weighted by Crippen LogP contribution is -2.48. The first-order chi connectivity index (χ1) is 15.2. The lowest BCUT2D eigenvalue weighted by Gasteiger charge is -2.42. The molecule has 7 nitrogen and oxygen atoms in total. The van der Waals surface area contributed by atoms with Crippen LogP contribution in [0.5, 0.6) is 0 Å². The fraction of sp³-hybridized carbons (Fsp3) is 0.542. The Bertz CT molecular complexity index is 900. The van der Waals surface area contributed by atoms with Crippen molar-refractivity contribution in [1.29, 1.82) is 0 Å². The van der Waals surface area contributed by atoms with Gasteiger partial charge in [-0.2, -0.15) is 0 Å². The number of hydrogen-bond acceptors (Lipinski definition) is 5. The van der Waals surface area contributed by atoms with Gasteiger partial charge in [0, 0.05) is 56.3 Å². The first kappa shape index (κ1) is 20.2. The van der Waals surface area contributed by atoms with Gasteiger partial charge in [0.2, 0.25) is 5.91 Å². The molecule has 2 amide bonds. The molecule has 0 saturated carbocycles. The molecule has 0 radical (unpaired) electrons. The van der Waals surface area contributed by atoms with E-state index in [4.69, 9.17) is 9.15 Å². The molecule has 1 unspecified atom stereocenters. The van der Waals surface area contributed by atoms with Gasteiger partial charge in [-0.05, 0) is 37.8 Å². The molecule has 5 rings (SSSR count). The van der Waals surface area contributed by atoms with E-state index < -0.39 is 0 Å². The summed E-state index contributed by atoms with van der Waals surface area (Å²) in [5.74, 6) is 1.16. The van der Waals surface area contributed by atoms with Crippen molar-refractivity contribution in [2.45, 2.75) is 31.6 Å². The highest BCUT2D eigenvalue weighted by Gasteiger charge is 2.52. The minimum Gasteiger partial charge on any atom is -0.449 e. The summed E-state index contributed by atoms with van der Waals surface area (Å²) in [6.07, 6.45) is 6.63. The molecule has 164 valence electrons. The van der Waals surface area contributed by atoms with Crippen molar-refractivity contribution in [1.82, 2.24) is 14.8 Å². The normalized spacial score (nSPS) is 23.9. The maximum Gasteiger partial charge on any atom is 0.253 e. The van der Waals surface area contributed by atoms with Gasteiger partial charge in [-0.15, -0.1) is 0 Å². The first-order valence-corrected chi connectivity index (χ1v) is 11.3. The summed E-state index contributed by atoms with van der Waals surface area (Å²) < 4.78 is 11.1. The molecule has 3 fully saturated rings. The van der Waals surface area contributed by atoms with Gasteiger partial charge in [-0.3, -0.25) is 9.59 Å². The van der Waals surface area contributed by atoms with Crippen LogP contribution in [0.25, 0.3) is 0 Å². The Morgan fingerprint density at radius 2 is 1.77 bits per heavy atom. The quantitative estimate of drug-likeness (QED) is 0.759. The summed E-state index contributed by atoms with van der Waals surface area (Å²) in [6.45, 7) is 4.07. The van der Waals surface area contributed by atoms with Crippen LogP contribution in [0.2, 0.25) is 0 Å². The van der Waals surface area contributed by atoms with Gasteiger partial charge in [0.05, 0.1) is 12.1 Å². The lowest BCUT2D eigenvalue weighted by atomic mass is 9.70. The zero-order valence-electron chi connectivity index (χ0n) is 17.7. The molecule has 1 aromatic heterocycles. The Balaban J connectivity index is 1.33. The van der Waals surface area contributed by atoms with Gasteiger partial charge in [0.25, 0.3) is 5.91 Å². The number of amides is 2. The molecule has 1 aromatic carbocycles. The molecule has 0 aliphatic carbocycles. The standard InChI is InChI=1S/C24H29N3O4/c28-22(19-6-13-30-14-7-19)26-11-8-24(9-12-26)17-27(16-20(24)21-25-10-15-31-21)23(29)18-4-2-1-3-5-18/h1-5,10,15,19-20H,6-9,11-14,16-17H2. The third kappa shape index (κ3) is 3.87. The van der Waals surface area contributed by atoms with Crippen LogP contribution in [0.15, 0.2) is 47.2 Å². The lowest BCUT2D eigenvalue weighted by molar-refractivity contribution is -0.141. The second kappa shape index (κ2) is 8.46. The summed E-state index contributed by atoms with van der Waals surface area (Å²) in [4.78, 5) is 34.6. The molecule has 1 spiro atoms. The second-order valence-corrected chi connectivity index (χ2v) is 9.05. The van der Waals surface area contributed by atoms with Crippen LogP contribution in [0, 0.1) is 11.3 Å². The van der Waals surface area contributed by atoms with E-state index in [1.165, 1.54) is 0 Å². The van der Waals surface area contributed by atoms with Crippen molar-refractivity contribution in [2.75, 3.05) is 39.4 Å². The van der Waals surface area contributed by atoms with Gasteiger partial charge in [0.15, 0.2) is 5.89 Å². The van der Waals surface area contributed by atoms with Crippen LogP contribution in [0.4, 0.5) is 0 Å². The fourth-order valence-corrected chi connectivity index (χ4v) is 5.52. The van der Waals surface area contributed by atoms with E-state index in [0.29, 0.717) is 37.8 Å². The van der Waals surface area contributed by atoms with Crippen molar-refractivity contribution in [2.24, 2.45) is 11.3 Å². The smallest absolute Gasteiger partial charge is 0.253 e. The Morgan fingerprint density at radius 3 is 2.45 bits per heavy atom. The Labute approximate surface area is 182 Å². The predicted molar refractivity (Wildman–Crippen MR) is 113 cm³/mol. The van der Waals surface area contributed by atoms with Gasteiger partial charge < -0.3 is 19.0 Å². The van der Waals surface area contributed by atoms with Crippen molar-refractivity contribution in [3.8, 4) is 0 Å². The van der Waals surface area contributed by atoms with Gasteiger partial charge >= 0.3 is 0 Å². The maximum absolute atomic E-state index is 13.2. The molecule has 3 saturated heterocycles. The van der Waals surface area contributed by atoms with Crippen molar-refractivity contribution in [3.63, 3.8) is 0 Å². The van der Waals surface area contributed by atoms with Crippen LogP contribution in [-0.4, -0.2) is 66.0 Å². The highest BCUT2D eigenvalue weighted by atomic mass is 16.5. The molecule has 3 aliphatic heterocycles. The van der Waals surface area contributed by atoms with E-state index in [-0.39, 0.29) is 29.1 Å². The minimum atomic E-state index is -0.109. The van der Waals surface area contributed by atoms with Crippen LogP contribution < -0.4 is 0 Å². The molecule has 31 heavy (non-hydrogen) atoms. The highest BCUT2D eigenvalue weighted by Crippen LogP contribution is 2.50. The van der Waals surface area contributed by atoms with Crippen LogP contribution in [0.1, 0.15) is 47.8 Å². The number of rotatable bonds is 3. The van der Waals surface area contributed by atoms with E-state index >= 15 is 0 Å². The Hall–Kier alpha value is -2.67. The second-order valence-electron chi connectivity index (χ2n) is 9.05. The van der Waals surface area contributed by atoms with E-state index in [9.17, 15) is 9.59 Å². The summed E-state index contributed by atoms with van der Waals surface area (Å²) in [5, 5.41) is 0. The number of ether oxygens (including phenoxy) is 1. The average Bonchev–Trinajstić information content (AvgIpc) is 3.48. The maximum atomic E-state index is 13.2. The first-order valence-electron chi connectivity index (χ1n) is 11.3. The number of oxazole rings is 1. The number of carbonyl (C=O) groups is 2. The topological polar surface area (TPSA) is 75.9 Å². The summed E-state index contributed by atoms with van der Waals surface area (Å²) in [5.41, 5.74) is 0.597. The highest BCUT2D eigenvalue weighted by molar-refractivity contribution is 5.94. The summed E-state index contributed by atoms with van der Waals surface area (Å²) >= 11 is 0. The number of likely N-dealkylation sites (tertiary alicyclic amines) is 2. The SMILES string of the molecule is O=C(c1ccccc1)N1CC(c2ncco2)C2(CCN(C(=O)C3CCOCC3)CC2)C1. The van der Waals surface area contributed by atoms with Crippen molar-refractivity contribution >= 4 is 11.8 Å². The number of benzene rings is 1. The summed E-state index contributed by atoms with van der Waals surface area (Å²) in [6, 6.07) is 9.43. The average molecular weight is 424 g/mol. The van der Waals surface area contributed by atoms with E-state index in [1.54, 1.807) is 12.5 Å². The molecule has 3 aliphatic rings. The van der Waals surface area contributed by atoms with Crippen molar-refractivity contribution < 1.29 is 18.7 Å². The van der Waals surface area contributed by atoms with Crippen LogP contribution in [0.3, 0.4) is 0 Å². The van der Waals surface area contributed by atoms with E-state index in [1.807, 2.05) is 40.1 Å². The van der Waals surface area contributed by atoms with E-state index in [0.717, 1.165) is 38.8 Å². The number of piperidine rings is 1. The van der Waals surface area contributed by atoms with Gasteiger partial charge in [-0.1, -0.05) is 18.2 Å². The third-order valence-corrected chi connectivity index (χ3v) is 7.35. The molecule has 2 aromatic rings. The fourth-order valence-electron chi connectivity index (χ4n) is 5.52. The molecule has 4 heterocycles.